The molecule has 2 atom stereocenters. The number of hydrogen-bond acceptors (Lipinski definition) is 5. The Balaban J connectivity index is 0.00000225. The number of thioether (sulfide) groups is 1. The first-order valence-electron chi connectivity index (χ1n) is 8.14. The van der Waals surface area contributed by atoms with E-state index in [0.717, 1.165) is 22.8 Å². The highest BCUT2D eigenvalue weighted by atomic mass is 35.5. The first-order chi connectivity index (χ1) is 11.6. The van der Waals surface area contributed by atoms with Crippen molar-refractivity contribution in [2.24, 2.45) is 5.73 Å². The molecule has 25 heavy (non-hydrogen) atoms. The van der Waals surface area contributed by atoms with Gasteiger partial charge in [-0.25, -0.2) is 0 Å². The number of aromatic nitrogens is 1. The van der Waals surface area contributed by atoms with Crippen molar-refractivity contribution in [3.05, 3.63) is 52.9 Å². The van der Waals surface area contributed by atoms with E-state index in [0.29, 0.717) is 18.8 Å². The molecule has 2 heterocycles. The number of amides is 1. The van der Waals surface area contributed by atoms with Crippen molar-refractivity contribution in [2.45, 2.75) is 31.6 Å². The second-order valence-electron chi connectivity index (χ2n) is 6.28. The summed E-state index contributed by atoms with van der Waals surface area (Å²) in [5.74, 6) is 2.41. The fourth-order valence-electron chi connectivity index (χ4n) is 3.13. The summed E-state index contributed by atoms with van der Waals surface area (Å²) < 4.78 is 5.15. The van der Waals surface area contributed by atoms with Crippen LogP contribution >= 0.6 is 24.2 Å². The molecule has 1 aliphatic rings. The Hall–Kier alpha value is -1.50. The van der Waals surface area contributed by atoms with Crippen molar-refractivity contribution in [3.8, 4) is 0 Å². The maximum absolute atomic E-state index is 12.5. The molecule has 1 aromatic carbocycles. The molecule has 0 aliphatic carbocycles. The Bertz CT molecular complexity index is 688. The van der Waals surface area contributed by atoms with Crippen LogP contribution in [-0.4, -0.2) is 40.8 Å². The summed E-state index contributed by atoms with van der Waals surface area (Å²) in [5, 5.41) is 3.94. The third-order valence-electron chi connectivity index (χ3n) is 4.60. The van der Waals surface area contributed by atoms with Crippen LogP contribution in [0.4, 0.5) is 0 Å². The highest BCUT2D eigenvalue weighted by Crippen LogP contribution is 2.27. The van der Waals surface area contributed by atoms with E-state index in [9.17, 15) is 4.79 Å². The highest BCUT2D eigenvalue weighted by Gasteiger charge is 2.33. The number of rotatable bonds is 5. The fourth-order valence-corrected chi connectivity index (χ4v) is 4.20. The number of carbonyl (C=O) groups excluding carboxylic acids is 1. The molecule has 0 unspecified atom stereocenters. The summed E-state index contributed by atoms with van der Waals surface area (Å²) in [6.07, 6.45) is 0. The van der Waals surface area contributed by atoms with Crippen molar-refractivity contribution in [3.63, 3.8) is 0 Å². The largest absolute Gasteiger partial charge is 0.361 e. The van der Waals surface area contributed by atoms with E-state index in [1.807, 2.05) is 36.9 Å². The van der Waals surface area contributed by atoms with Crippen molar-refractivity contribution >= 4 is 30.1 Å². The van der Waals surface area contributed by atoms with E-state index >= 15 is 0 Å². The number of halogens is 1. The Labute approximate surface area is 158 Å². The molecule has 1 fully saturated rings. The molecule has 1 saturated heterocycles. The molecule has 5 nitrogen and oxygen atoms in total. The minimum Gasteiger partial charge on any atom is -0.361 e. The minimum atomic E-state index is 0. The number of benzene rings is 1. The van der Waals surface area contributed by atoms with Gasteiger partial charge in [-0.2, -0.15) is 0 Å². The summed E-state index contributed by atoms with van der Waals surface area (Å²) in [6, 6.07) is 10.2. The van der Waals surface area contributed by atoms with Crippen LogP contribution in [0.3, 0.4) is 0 Å². The topological polar surface area (TPSA) is 72.4 Å². The van der Waals surface area contributed by atoms with E-state index in [1.165, 1.54) is 5.56 Å². The quantitative estimate of drug-likeness (QED) is 0.862. The molecule has 0 spiro atoms. The van der Waals surface area contributed by atoms with E-state index in [1.54, 1.807) is 11.8 Å². The molecular formula is C18H24ClN3O2S. The molecule has 3 rings (SSSR count). The van der Waals surface area contributed by atoms with Crippen LogP contribution in [0, 0.1) is 13.8 Å². The van der Waals surface area contributed by atoms with Gasteiger partial charge >= 0.3 is 0 Å². The average molecular weight is 382 g/mol. The summed E-state index contributed by atoms with van der Waals surface area (Å²) >= 11 is 1.60. The van der Waals surface area contributed by atoms with Crippen LogP contribution in [-0.2, 0) is 10.5 Å². The van der Waals surface area contributed by atoms with E-state index < -0.39 is 0 Å². The third kappa shape index (κ3) is 4.57. The van der Waals surface area contributed by atoms with Gasteiger partial charge in [0.05, 0.1) is 11.4 Å². The Morgan fingerprint density at radius 2 is 2.04 bits per heavy atom. The van der Waals surface area contributed by atoms with Crippen LogP contribution in [0.15, 0.2) is 34.9 Å². The summed E-state index contributed by atoms with van der Waals surface area (Å²) in [5.41, 5.74) is 9.47. The predicted molar refractivity (Wildman–Crippen MR) is 103 cm³/mol. The molecular weight excluding hydrogens is 358 g/mol. The number of carbonyl (C=O) groups is 1. The Morgan fingerprint density at radius 3 is 2.68 bits per heavy atom. The van der Waals surface area contributed by atoms with Gasteiger partial charge in [-0.15, -0.1) is 24.2 Å². The zero-order valence-electron chi connectivity index (χ0n) is 14.5. The predicted octanol–water partition coefficient (Wildman–Crippen LogP) is 2.90. The minimum absolute atomic E-state index is 0. The number of nitrogens with zero attached hydrogens (tertiary/aromatic N) is 2. The van der Waals surface area contributed by atoms with E-state index in [-0.39, 0.29) is 30.3 Å². The average Bonchev–Trinajstić information content (AvgIpc) is 3.12. The molecule has 1 amide bonds. The lowest BCUT2D eigenvalue weighted by Gasteiger charge is -2.16. The number of hydrogen-bond donors (Lipinski definition) is 1. The zero-order valence-corrected chi connectivity index (χ0v) is 16.1. The maximum atomic E-state index is 12.5. The normalized spacial score (nSPS) is 19.7. The van der Waals surface area contributed by atoms with E-state index in [2.05, 4.69) is 17.3 Å². The lowest BCUT2D eigenvalue weighted by Crippen LogP contribution is -2.33. The van der Waals surface area contributed by atoms with Gasteiger partial charge < -0.3 is 15.2 Å². The van der Waals surface area contributed by atoms with Gasteiger partial charge in [0.2, 0.25) is 5.91 Å². The standard InChI is InChI=1S/C18H23N3O2S.ClH/c1-12-16(13(2)23-20-12)10-24-11-18(22)21-8-15(17(19)9-21)14-6-4-3-5-7-14;/h3-7,15,17H,8-11,19H2,1-2H3;1H/t15-,17+;/m0./s1. The monoisotopic (exact) mass is 381 g/mol. The van der Waals surface area contributed by atoms with Crippen molar-refractivity contribution in [1.29, 1.82) is 0 Å². The van der Waals surface area contributed by atoms with Gasteiger partial charge in [-0.3, -0.25) is 4.79 Å². The first kappa shape index (κ1) is 19.8. The molecule has 0 saturated carbocycles. The number of likely N-dealkylation sites (tertiary alicyclic amines) is 1. The molecule has 136 valence electrons. The highest BCUT2D eigenvalue weighted by molar-refractivity contribution is 7.99. The third-order valence-corrected chi connectivity index (χ3v) is 5.54. The maximum Gasteiger partial charge on any atom is 0.232 e. The van der Waals surface area contributed by atoms with Crippen molar-refractivity contribution < 1.29 is 9.32 Å². The van der Waals surface area contributed by atoms with Gasteiger partial charge in [0.15, 0.2) is 0 Å². The summed E-state index contributed by atoms with van der Waals surface area (Å²) in [4.78, 5) is 14.4. The second-order valence-corrected chi connectivity index (χ2v) is 7.26. The zero-order chi connectivity index (χ0) is 17.1. The molecule has 1 aliphatic heterocycles. The van der Waals surface area contributed by atoms with Gasteiger partial charge in [0.1, 0.15) is 5.76 Å². The first-order valence-corrected chi connectivity index (χ1v) is 9.29. The van der Waals surface area contributed by atoms with Crippen molar-refractivity contribution in [2.75, 3.05) is 18.8 Å². The van der Waals surface area contributed by atoms with Crippen LogP contribution in [0.25, 0.3) is 0 Å². The van der Waals surface area contributed by atoms with Crippen LogP contribution in [0.5, 0.6) is 0 Å². The van der Waals surface area contributed by atoms with Gasteiger partial charge in [-0.05, 0) is 19.4 Å². The van der Waals surface area contributed by atoms with Gasteiger partial charge in [-0.1, -0.05) is 35.5 Å². The fraction of sp³-hybridized carbons (Fsp3) is 0.444. The SMILES string of the molecule is Cc1noc(C)c1CSCC(=O)N1C[C@@H](N)[C@H](c2ccccc2)C1.Cl. The molecule has 1 aromatic heterocycles. The number of aryl methyl sites for hydroxylation is 2. The van der Waals surface area contributed by atoms with Crippen LogP contribution in [0.2, 0.25) is 0 Å². The summed E-state index contributed by atoms with van der Waals surface area (Å²) in [7, 11) is 0. The second kappa shape index (κ2) is 8.74. The van der Waals surface area contributed by atoms with Crippen LogP contribution < -0.4 is 5.73 Å². The molecule has 0 radical (unpaired) electrons. The Morgan fingerprint density at radius 1 is 1.32 bits per heavy atom. The molecule has 2 aromatic rings. The van der Waals surface area contributed by atoms with Crippen LogP contribution in [0.1, 0.15) is 28.5 Å². The molecule has 7 heteroatoms. The van der Waals surface area contributed by atoms with Crippen molar-refractivity contribution in [1.82, 2.24) is 10.1 Å². The van der Waals surface area contributed by atoms with E-state index in [4.69, 9.17) is 10.3 Å². The summed E-state index contributed by atoms with van der Waals surface area (Å²) in [6.45, 7) is 5.17. The lowest BCUT2D eigenvalue weighted by atomic mass is 9.95. The number of nitrogens with two attached hydrogens (primary N) is 1. The smallest absolute Gasteiger partial charge is 0.232 e. The molecule has 2 N–H and O–H groups in total. The van der Waals surface area contributed by atoms with Gasteiger partial charge in [0.25, 0.3) is 0 Å². The molecule has 0 bridgehead atoms. The van der Waals surface area contributed by atoms with Gasteiger partial charge in [0, 0.05) is 36.4 Å². The lowest BCUT2D eigenvalue weighted by molar-refractivity contribution is -0.127. The Kier molecular flexibility index (Phi) is 6.93.